The molecule has 0 saturated heterocycles. The summed E-state index contributed by atoms with van der Waals surface area (Å²) in [5.41, 5.74) is 5.38. The summed E-state index contributed by atoms with van der Waals surface area (Å²) in [5, 5.41) is 12.2. The molecule has 2 aliphatic rings. The van der Waals surface area contributed by atoms with Gasteiger partial charge in [-0.3, -0.25) is 9.59 Å². The fraction of sp³-hybridized carbons (Fsp3) is 0.846. The molecule has 1 amide bonds. The van der Waals surface area contributed by atoms with Crippen molar-refractivity contribution >= 4 is 11.9 Å². The van der Waals surface area contributed by atoms with E-state index < -0.39 is 5.97 Å². The number of fused-ring (bicyclic) bond motifs is 2. The quantitative estimate of drug-likeness (QED) is 0.609. The summed E-state index contributed by atoms with van der Waals surface area (Å²) in [6.07, 6.45) is 5.10. The number of nitrogens with two attached hydrogens (primary N) is 1. The third-order valence-electron chi connectivity index (χ3n) is 4.39. The van der Waals surface area contributed by atoms with Crippen molar-refractivity contribution in [1.29, 1.82) is 0 Å². The smallest absolute Gasteiger partial charge is 0.308 e. The second kappa shape index (κ2) is 5.69. The molecule has 5 heteroatoms. The average molecular weight is 254 g/mol. The first-order valence-corrected chi connectivity index (χ1v) is 6.85. The fourth-order valence-electron chi connectivity index (χ4n) is 3.54. The Morgan fingerprint density at radius 1 is 1.22 bits per heavy atom. The highest BCUT2D eigenvalue weighted by Gasteiger charge is 2.51. The number of carboxylic acids is 1. The molecular formula is C13H22N2O3. The molecule has 2 aliphatic carbocycles. The third kappa shape index (κ3) is 2.66. The van der Waals surface area contributed by atoms with Crippen molar-refractivity contribution < 1.29 is 14.7 Å². The van der Waals surface area contributed by atoms with Crippen LogP contribution in [0.2, 0.25) is 0 Å². The van der Waals surface area contributed by atoms with Gasteiger partial charge in [-0.25, -0.2) is 0 Å². The fourth-order valence-corrected chi connectivity index (χ4v) is 3.54. The zero-order valence-electron chi connectivity index (χ0n) is 10.6. The van der Waals surface area contributed by atoms with E-state index in [9.17, 15) is 14.7 Å². The SMILES string of the molecule is NCCCCC(=O)NC1C2CCC(C2)C1C(=O)O. The molecule has 0 heterocycles. The molecule has 0 radical (unpaired) electrons. The summed E-state index contributed by atoms with van der Waals surface area (Å²) in [5.74, 6) is -0.514. The van der Waals surface area contributed by atoms with E-state index in [1.54, 1.807) is 0 Å². The number of amides is 1. The first-order chi connectivity index (χ1) is 8.63. The molecule has 0 aromatic carbocycles. The number of carbonyl (C=O) groups excluding carboxylic acids is 1. The van der Waals surface area contributed by atoms with Gasteiger partial charge in [0.05, 0.1) is 5.92 Å². The second-order valence-corrected chi connectivity index (χ2v) is 5.54. The molecule has 18 heavy (non-hydrogen) atoms. The van der Waals surface area contributed by atoms with Crippen LogP contribution in [0, 0.1) is 17.8 Å². The molecule has 4 unspecified atom stereocenters. The van der Waals surface area contributed by atoms with Crippen molar-refractivity contribution in [2.45, 2.75) is 44.6 Å². The molecule has 2 fully saturated rings. The normalized spacial score (nSPS) is 33.6. The third-order valence-corrected chi connectivity index (χ3v) is 4.39. The number of unbranched alkanes of at least 4 members (excludes halogenated alkanes) is 1. The molecule has 4 N–H and O–H groups in total. The maximum atomic E-state index is 11.8. The monoisotopic (exact) mass is 254 g/mol. The summed E-state index contributed by atoms with van der Waals surface area (Å²) >= 11 is 0. The van der Waals surface area contributed by atoms with Crippen LogP contribution < -0.4 is 11.1 Å². The minimum Gasteiger partial charge on any atom is -0.481 e. The van der Waals surface area contributed by atoms with Gasteiger partial charge in [0, 0.05) is 12.5 Å². The number of nitrogens with one attached hydrogen (secondary N) is 1. The van der Waals surface area contributed by atoms with E-state index >= 15 is 0 Å². The van der Waals surface area contributed by atoms with Gasteiger partial charge in [0.15, 0.2) is 0 Å². The van der Waals surface area contributed by atoms with Crippen LogP contribution in [0.1, 0.15) is 38.5 Å². The predicted octanol–water partition coefficient (Wildman–Crippen LogP) is 0.731. The highest BCUT2D eigenvalue weighted by Crippen LogP contribution is 2.48. The van der Waals surface area contributed by atoms with E-state index in [-0.39, 0.29) is 23.8 Å². The first-order valence-electron chi connectivity index (χ1n) is 6.85. The van der Waals surface area contributed by atoms with E-state index in [4.69, 9.17) is 5.73 Å². The largest absolute Gasteiger partial charge is 0.481 e. The lowest BCUT2D eigenvalue weighted by molar-refractivity contribution is -0.144. The molecule has 2 rings (SSSR count). The zero-order valence-corrected chi connectivity index (χ0v) is 10.6. The molecule has 2 bridgehead atoms. The average Bonchev–Trinajstić information content (AvgIpc) is 2.89. The highest BCUT2D eigenvalue weighted by atomic mass is 16.4. The Bertz CT molecular complexity index is 332. The number of hydrogen-bond donors (Lipinski definition) is 3. The molecule has 0 spiro atoms. The van der Waals surface area contributed by atoms with Gasteiger partial charge in [-0.1, -0.05) is 0 Å². The lowest BCUT2D eigenvalue weighted by atomic mass is 9.84. The van der Waals surface area contributed by atoms with Gasteiger partial charge >= 0.3 is 5.97 Å². The molecule has 0 aromatic heterocycles. The number of carbonyl (C=O) groups is 2. The van der Waals surface area contributed by atoms with Crippen LogP contribution in [0.3, 0.4) is 0 Å². The lowest BCUT2D eigenvalue weighted by Crippen LogP contribution is -2.46. The van der Waals surface area contributed by atoms with Gasteiger partial charge in [0.2, 0.25) is 5.91 Å². The van der Waals surface area contributed by atoms with Crippen molar-refractivity contribution in [3.05, 3.63) is 0 Å². The van der Waals surface area contributed by atoms with Crippen LogP contribution >= 0.6 is 0 Å². The molecule has 102 valence electrons. The second-order valence-electron chi connectivity index (χ2n) is 5.54. The van der Waals surface area contributed by atoms with E-state index in [1.165, 1.54) is 0 Å². The molecule has 0 aromatic rings. The van der Waals surface area contributed by atoms with Gasteiger partial charge in [0.25, 0.3) is 0 Å². The molecule has 2 saturated carbocycles. The molecule has 4 atom stereocenters. The number of carboxylic acid groups (broad SMARTS) is 1. The van der Waals surface area contributed by atoms with Crippen LogP contribution in [0.5, 0.6) is 0 Å². The van der Waals surface area contributed by atoms with Crippen LogP contribution in [0.25, 0.3) is 0 Å². The van der Waals surface area contributed by atoms with E-state index in [0.29, 0.717) is 18.9 Å². The Labute approximate surface area is 107 Å². The van der Waals surface area contributed by atoms with Crippen molar-refractivity contribution in [1.82, 2.24) is 5.32 Å². The standard InChI is InChI=1S/C13H22N2O3/c14-6-2-1-3-10(16)15-12-9-5-4-8(7-9)11(12)13(17)18/h8-9,11-12H,1-7,14H2,(H,15,16)(H,17,18). The topological polar surface area (TPSA) is 92.4 Å². The Kier molecular flexibility index (Phi) is 4.22. The minimum absolute atomic E-state index is 0.0211. The number of hydrogen-bond acceptors (Lipinski definition) is 3. The number of aliphatic carboxylic acids is 1. The Morgan fingerprint density at radius 3 is 2.61 bits per heavy atom. The van der Waals surface area contributed by atoms with Gasteiger partial charge in [-0.05, 0) is 50.5 Å². The van der Waals surface area contributed by atoms with Crippen LogP contribution in [-0.2, 0) is 9.59 Å². The van der Waals surface area contributed by atoms with Gasteiger partial charge in [-0.15, -0.1) is 0 Å². The van der Waals surface area contributed by atoms with Gasteiger partial charge in [0.1, 0.15) is 0 Å². The summed E-state index contributed by atoms with van der Waals surface area (Å²) in [6.45, 7) is 0.596. The van der Waals surface area contributed by atoms with Crippen molar-refractivity contribution in [2.24, 2.45) is 23.5 Å². The van der Waals surface area contributed by atoms with E-state index in [1.807, 2.05) is 0 Å². The Hall–Kier alpha value is -1.10. The summed E-state index contributed by atoms with van der Waals surface area (Å²) in [6, 6.07) is -0.147. The summed E-state index contributed by atoms with van der Waals surface area (Å²) in [7, 11) is 0. The van der Waals surface area contributed by atoms with Crippen LogP contribution in [0.4, 0.5) is 0 Å². The minimum atomic E-state index is -0.755. The number of rotatable bonds is 6. The van der Waals surface area contributed by atoms with Crippen LogP contribution in [-0.4, -0.2) is 29.6 Å². The van der Waals surface area contributed by atoms with E-state index in [0.717, 1.165) is 32.1 Å². The lowest BCUT2D eigenvalue weighted by Gasteiger charge is -2.28. The molecular weight excluding hydrogens is 232 g/mol. The maximum Gasteiger partial charge on any atom is 0.308 e. The van der Waals surface area contributed by atoms with Crippen molar-refractivity contribution in [3.63, 3.8) is 0 Å². The summed E-state index contributed by atoms with van der Waals surface area (Å²) in [4.78, 5) is 23.0. The van der Waals surface area contributed by atoms with Crippen molar-refractivity contribution in [2.75, 3.05) is 6.54 Å². The Morgan fingerprint density at radius 2 is 1.94 bits per heavy atom. The maximum absolute atomic E-state index is 11.8. The zero-order chi connectivity index (χ0) is 13.1. The van der Waals surface area contributed by atoms with Gasteiger partial charge < -0.3 is 16.2 Å². The summed E-state index contributed by atoms with van der Waals surface area (Å²) < 4.78 is 0. The highest BCUT2D eigenvalue weighted by molar-refractivity contribution is 5.78. The van der Waals surface area contributed by atoms with Gasteiger partial charge in [-0.2, -0.15) is 0 Å². The molecule has 5 nitrogen and oxygen atoms in total. The van der Waals surface area contributed by atoms with Crippen molar-refractivity contribution in [3.8, 4) is 0 Å². The first kappa shape index (κ1) is 13.3. The van der Waals surface area contributed by atoms with Crippen LogP contribution in [0.15, 0.2) is 0 Å². The van der Waals surface area contributed by atoms with E-state index in [2.05, 4.69) is 5.32 Å². The molecule has 0 aliphatic heterocycles. The Balaban J connectivity index is 1.87. The predicted molar refractivity (Wildman–Crippen MR) is 66.8 cm³/mol.